The summed E-state index contributed by atoms with van der Waals surface area (Å²) in [5, 5.41) is 10.1. The Kier molecular flexibility index (Phi) is 4.84. The van der Waals surface area contributed by atoms with E-state index in [1.807, 2.05) is 0 Å². The third-order valence-electron chi connectivity index (χ3n) is 2.34. The van der Waals surface area contributed by atoms with Gasteiger partial charge in [0.15, 0.2) is 0 Å². The summed E-state index contributed by atoms with van der Waals surface area (Å²) in [4.78, 5) is 0. The molecule has 0 aliphatic heterocycles. The van der Waals surface area contributed by atoms with Gasteiger partial charge < -0.3 is 14.6 Å². The molecule has 1 aromatic rings. The van der Waals surface area contributed by atoms with Crippen LogP contribution in [0.4, 0.5) is 0 Å². The van der Waals surface area contributed by atoms with E-state index in [9.17, 15) is 13.5 Å². The molecule has 7 heteroatoms. The molecule has 0 spiro atoms. The summed E-state index contributed by atoms with van der Waals surface area (Å²) in [6.07, 6.45) is -0.147. The topological polar surface area (TPSA) is 72.8 Å². The minimum atomic E-state index is -3.30. The molecule has 0 aliphatic carbocycles. The largest absolute Gasteiger partial charge is 0.495 e. The van der Waals surface area contributed by atoms with E-state index in [1.54, 1.807) is 6.07 Å². The molecule has 0 saturated carbocycles. The molecule has 102 valence electrons. The number of hydrogen-bond donors (Lipinski definition) is 1. The van der Waals surface area contributed by atoms with Gasteiger partial charge in [-0.25, -0.2) is 8.42 Å². The Bertz CT molecular complexity index is 526. The smallest absolute Gasteiger partial charge is 0.150 e. The summed E-state index contributed by atoms with van der Waals surface area (Å²) < 4.78 is 32.4. The van der Waals surface area contributed by atoms with Crippen molar-refractivity contribution in [1.82, 2.24) is 0 Å². The summed E-state index contributed by atoms with van der Waals surface area (Å²) in [6.45, 7) is 0. The first kappa shape index (κ1) is 15.1. The normalized spacial score (nSPS) is 13.2. The zero-order valence-electron chi connectivity index (χ0n) is 10.3. The van der Waals surface area contributed by atoms with Crippen molar-refractivity contribution in [2.75, 3.05) is 26.2 Å². The second kappa shape index (κ2) is 5.77. The lowest BCUT2D eigenvalue weighted by Gasteiger charge is -2.16. The number of halogens is 1. The van der Waals surface area contributed by atoms with E-state index in [1.165, 1.54) is 20.3 Å². The van der Waals surface area contributed by atoms with E-state index in [2.05, 4.69) is 0 Å². The Morgan fingerprint density at radius 3 is 2.39 bits per heavy atom. The van der Waals surface area contributed by atoms with Gasteiger partial charge >= 0.3 is 0 Å². The molecule has 18 heavy (non-hydrogen) atoms. The van der Waals surface area contributed by atoms with E-state index in [-0.39, 0.29) is 10.8 Å². The average Bonchev–Trinajstić information content (AvgIpc) is 2.26. The lowest BCUT2D eigenvalue weighted by molar-refractivity contribution is 0.196. The maximum atomic E-state index is 11.2. The van der Waals surface area contributed by atoms with Crippen LogP contribution >= 0.6 is 11.6 Å². The Hall–Kier alpha value is -0.980. The van der Waals surface area contributed by atoms with Crippen molar-refractivity contribution in [3.8, 4) is 11.5 Å². The molecule has 0 bridgehead atoms. The lowest BCUT2D eigenvalue weighted by atomic mass is 10.1. The minimum absolute atomic E-state index is 0.199. The van der Waals surface area contributed by atoms with Crippen LogP contribution in [0, 0.1) is 0 Å². The monoisotopic (exact) mass is 294 g/mol. The molecule has 0 heterocycles. The summed E-state index contributed by atoms with van der Waals surface area (Å²) in [5.74, 6) is 0.211. The second-order valence-corrected chi connectivity index (χ2v) is 6.38. The average molecular weight is 295 g/mol. The van der Waals surface area contributed by atoms with Crippen molar-refractivity contribution < 1.29 is 23.0 Å². The van der Waals surface area contributed by atoms with Gasteiger partial charge in [-0.3, -0.25) is 0 Å². The van der Waals surface area contributed by atoms with Gasteiger partial charge in [0, 0.05) is 11.8 Å². The van der Waals surface area contributed by atoms with Crippen LogP contribution in [0.5, 0.6) is 11.5 Å². The highest BCUT2D eigenvalue weighted by Crippen LogP contribution is 2.39. The van der Waals surface area contributed by atoms with E-state index in [4.69, 9.17) is 21.1 Å². The van der Waals surface area contributed by atoms with Gasteiger partial charge in [-0.2, -0.15) is 0 Å². The fourth-order valence-electron chi connectivity index (χ4n) is 1.56. The minimum Gasteiger partial charge on any atom is -0.495 e. The number of rotatable bonds is 5. The van der Waals surface area contributed by atoms with Crippen molar-refractivity contribution in [2.24, 2.45) is 0 Å². The van der Waals surface area contributed by atoms with Crippen molar-refractivity contribution in [1.29, 1.82) is 0 Å². The van der Waals surface area contributed by atoms with Gasteiger partial charge in [0.2, 0.25) is 0 Å². The molecule has 0 radical (unpaired) electrons. The molecule has 1 unspecified atom stereocenters. The Labute approximate surface area is 111 Å². The molecule has 5 nitrogen and oxygen atoms in total. The van der Waals surface area contributed by atoms with E-state index >= 15 is 0 Å². The van der Waals surface area contributed by atoms with Crippen LogP contribution in [-0.4, -0.2) is 39.8 Å². The standard InChI is InChI=1S/C11H15ClO5S/c1-16-9-5-4-7(11(17-2)10(9)12)8(13)6-18(3,14)15/h4-5,8,13H,6H2,1-3H3. The zero-order chi connectivity index (χ0) is 13.9. The number of ether oxygens (including phenoxy) is 2. The fourth-order valence-corrected chi connectivity index (χ4v) is 2.64. The van der Waals surface area contributed by atoms with Crippen molar-refractivity contribution in [3.05, 3.63) is 22.7 Å². The highest BCUT2D eigenvalue weighted by atomic mass is 35.5. The van der Waals surface area contributed by atoms with Gasteiger partial charge in [0.25, 0.3) is 0 Å². The fraction of sp³-hybridized carbons (Fsp3) is 0.455. The van der Waals surface area contributed by atoms with Gasteiger partial charge in [-0.05, 0) is 12.1 Å². The Morgan fingerprint density at radius 1 is 1.33 bits per heavy atom. The van der Waals surface area contributed by atoms with Crippen molar-refractivity contribution in [2.45, 2.75) is 6.10 Å². The summed E-state index contributed by atoms with van der Waals surface area (Å²) in [5.41, 5.74) is 0.314. The van der Waals surface area contributed by atoms with Crippen LogP contribution in [0.3, 0.4) is 0 Å². The van der Waals surface area contributed by atoms with Gasteiger partial charge in [0.1, 0.15) is 26.4 Å². The Balaban J connectivity index is 3.21. The van der Waals surface area contributed by atoms with Crippen LogP contribution in [0.2, 0.25) is 5.02 Å². The first-order chi connectivity index (χ1) is 8.30. The van der Waals surface area contributed by atoms with Gasteiger partial charge in [-0.1, -0.05) is 11.6 Å². The number of aliphatic hydroxyl groups excluding tert-OH is 1. The number of sulfone groups is 1. The molecule has 1 N–H and O–H groups in total. The predicted octanol–water partition coefficient (Wildman–Crippen LogP) is 1.44. The third kappa shape index (κ3) is 3.51. The number of methoxy groups -OCH3 is 2. The first-order valence-corrected chi connectivity index (χ1v) is 7.50. The highest BCUT2D eigenvalue weighted by Gasteiger charge is 2.22. The quantitative estimate of drug-likeness (QED) is 0.889. The van der Waals surface area contributed by atoms with Gasteiger partial charge in [0.05, 0.1) is 26.1 Å². The first-order valence-electron chi connectivity index (χ1n) is 5.06. The summed E-state index contributed by atoms with van der Waals surface area (Å²) in [7, 11) is -0.467. The number of aliphatic hydroxyl groups is 1. The molecule has 1 aromatic carbocycles. The number of benzene rings is 1. The molecule has 0 amide bonds. The van der Waals surface area contributed by atoms with Crippen molar-refractivity contribution >= 4 is 21.4 Å². The predicted molar refractivity (Wildman–Crippen MR) is 69.2 cm³/mol. The van der Waals surface area contributed by atoms with Crippen LogP contribution in [-0.2, 0) is 9.84 Å². The maximum Gasteiger partial charge on any atom is 0.150 e. The molecule has 1 atom stereocenters. The van der Waals surface area contributed by atoms with Gasteiger partial charge in [-0.15, -0.1) is 0 Å². The SMILES string of the molecule is COc1ccc(C(O)CS(C)(=O)=O)c(OC)c1Cl. The molecule has 0 fully saturated rings. The molecular weight excluding hydrogens is 280 g/mol. The number of hydrogen-bond acceptors (Lipinski definition) is 5. The third-order valence-corrected chi connectivity index (χ3v) is 3.61. The maximum absolute atomic E-state index is 11.2. The second-order valence-electron chi connectivity index (χ2n) is 3.81. The van der Waals surface area contributed by atoms with E-state index in [0.717, 1.165) is 6.26 Å². The Morgan fingerprint density at radius 2 is 1.94 bits per heavy atom. The molecule has 0 aliphatic rings. The molecular formula is C11H15ClO5S. The molecule has 1 rings (SSSR count). The van der Waals surface area contributed by atoms with Crippen LogP contribution in [0.1, 0.15) is 11.7 Å². The highest BCUT2D eigenvalue weighted by molar-refractivity contribution is 7.90. The lowest BCUT2D eigenvalue weighted by Crippen LogP contribution is -2.13. The molecule has 0 aromatic heterocycles. The van der Waals surface area contributed by atoms with E-state index < -0.39 is 21.7 Å². The zero-order valence-corrected chi connectivity index (χ0v) is 11.9. The van der Waals surface area contributed by atoms with E-state index in [0.29, 0.717) is 11.3 Å². The van der Waals surface area contributed by atoms with Crippen LogP contribution < -0.4 is 9.47 Å². The van der Waals surface area contributed by atoms with Crippen LogP contribution in [0.15, 0.2) is 12.1 Å². The molecule has 0 saturated heterocycles. The van der Waals surface area contributed by atoms with Crippen LogP contribution in [0.25, 0.3) is 0 Å². The summed E-state index contributed by atoms with van der Waals surface area (Å²) in [6, 6.07) is 3.07. The summed E-state index contributed by atoms with van der Waals surface area (Å²) >= 11 is 6.02. The van der Waals surface area contributed by atoms with Crippen molar-refractivity contribution in [3.63, 3.8) is 0 Å².